The first-order valence-corrected chi connectivity index (χ1v) is 7.84. The van der Waals surface area contributed by atoms with Crippen LogP contribution in [0.15, 0.2) is 34.2 Å². The van der Waals surface area contributed by atoms with Crippen LogP contribution >= 0.6 is 46.4 Å². The molecular weight excluding hydrogens is 368 g/mol. The van der Waals surface area contributed by atoms with Crippen molar-refractivity contribution in [2.45, 2.75) is 13.0 Å². The van der Waals surface area contributed by atoms with Gasteiger partial charge in [0.1, 0.15) is 5.02 Å². The third-order valence-electron chi connectivity index (χ3n) is 2.88. The van der Waals surface area contributed by atoms with Crippen molar-refractivity contribution in [3.63, 3.8) is 0 Å². The summed E-state index contributed by atoms with van der Waals surface area (Å²) >= 11 is 23.6. The largest absolute Gasteiger partial charge is 0.295 e. The van der Waals surface area contributed by atoms with Crippen molar-refractivity contribution in [3.8, 4) is 0 Å². The summed E-state index contributed by atoms with van der Waals surface area (Å²) in [5, 5.41) is 5.19. The van der Waals surface area contributed by atoms with Crippen LogP contribution in [0.1, 0.15) is 5.56 Å². The molecule has 4 nitrogen and oxygen atoms in total. The quantitative estimate of drug-likeness (QED) is 0.733. The number of halogens is 4. The van der Waals surface area contributed by atoms with Crippen LogP contribution in [0.3, 0.4) is 0 Å². The van der Waals surface area contributed by atoms with Gasteiger partial charge in [-0.25, -0.2) is 4.68 Å². The Hall–Kier alpha value is -1.07. The van der Waals surface area contributed by atoms with Crippen molar-refractivity contribution in [3.05, 3.63) is 60.4 Å². The van der Waals surface area contributed by atoms with Crippen molar-refractivity contribution >= 4 is 52.6 Å². The molecular formula is C14H11Cl4N3O. The van der Waals surface area contributed by atoms with Crippen LogP contribution in [-0.2, 0) is 13.0 Å². The highest BCUT2D eigenvalue weighted by Gasteiger charge is 2.06. The fourth-order valence-electron chi connectivity index (χ4n) is 1.75. The maximum atomic E-state index is 11.8. The molecule has 0 amide bonds. The number of hydrogen-bond donors (Lipinski definition) is 0. The van der Waals surface area contributed by atoms with E-state index in [1.807, 2.05) is 0 Å². The SMILES string of the molecule is O=c1c(Cl)c(Cl)cnn1CC=NCCc1c(Cl)cccc1Cl. The van der Waals surface area contributed by atoms with Gasteiger partial charge in [-0.1, -0.05) is 52.5 Å². The average molecular weight is 379 g/mol. The molecule has 0 unspecified atom stereocenters. The van der Waals surface area contributed by atoms with Crippen molar-refractivity contribution in [2.75, 3.05) is 6.54 Å². The Morgan fingerprint density at radius 1 is 1.14 bits per heavy atom. The monoisotopic (exact) mass is 377 g/mol. The molecule has 0 spiro atoms. The predicted molar refractivity (Wildman–Crippen MR) is 92.0 cm³/mol. The van der Waals surface area contributed by atoms with E-state index in [2.05, 4.69) is 10.1 Å². The maximum Gasteiger partial charge on any atom is 0.287 e. The molecule has 0 aliphatic carbocycles. The number of aromatic nitrogens is 2. The maximum absolute atomic E-state index is 11.8. The van der Waals surface area contributed by atoms with Gasteiger partial charge in [0.25, 0.3) is 5.56 Å². The summed E-state index contributed by atoms with van der Waals surface area (Å²) in [6.07, 6.45) is 3.52. The molecule has 1 heterocycles. The highest BCUT2D eigenvalue weighted by Crippen LogP contribution is 2.24. The van der Waals surface area contributed by atoms with Gasteiger partial charge in [0.2, 0.25) is 0 Å². The average Bonchev–Trinajstić information content (AvgIpc) is 2.49. The molecule has 0 aliphatic heterocycles. The number of aliphatic imine (C=N–C) groups is 1. The summed E-state index contributed by atoms with van der Waals surface area (Å²) in [6.45, 7) is 0.714. The summed E-state index contributed by atoms with van der Waals surface area (Å²) in [5.41, 5.74) is 0.405. The molecule has 22 heavy (non-hydrogen) atoms. The van der Waals surface area contributed by atoms with E-state index in [1.165, 1.54) is 10.9 Å². The van der Waals surface area contributed by atoms with E-state index in [9.17, 15) is 4.79 Å². The van der Waals surface area contributed by atoms with Crippen molar-refractivity contribution in [1.82, 2.24) is 9.78 Å². The lowest BCUT2D eigenvalue weighted by molar-refractivity contribution is 0.675. The standard InChI is InChI=1S/C14H11Cl4N3O/c15-10-2-1-3-11(16)9(10)4-5-19-6-7-21-14(22)13(18)12(17)8-20-21/h1-3,6,8H,4-5,7H2. The van der Waals surface area contributed by atoms with Gasteiger partial charge < -0.3 is 0 Å². The molecule has 0 saturated carbocycles. The first-order chi connectivity index (χ1) is 10.5. The van der Waals surface area contributed by atoms with Gasteiger partial charge in [-0.2, -0.15) is 5.10 Å². The second-order valence-corrected chi connectivity index (χ2v) is 5.93. The molecule has 116 valence electrons. The summed E-state index contributed by atoms with van der Waals surface area (Å²) < 4.78 is 1.18. The fraction of sp³-hybridized carbons (Fsp3) is 0.214. The summed E-state index contributed by atoms with van der Waals surface area (Å²) in [4.78, 5) is 16.0. The minimum Gasteiger partial charge on any atom is -0.295 e. The normalized spacial score (nSPS) is 11.3. The molecule has 2 aromatic rings. The van der Waals surface area contributed by atoms with Crippen LogP contribution < -0.4 is 5.56 Å². The molecule has 0 N–H and O–H groups in total. The highest BCUT2D eigenvalue weighted by atomic mass is 35.5. The highest BCUT2D eigenvalue weighted by molar-refractivity contribution is 6.41. The van der Waals surface area contributed by atoms with Gasteiger partial charge in [-0.3, -0.25) is 9.79 Å². The van der Waals surface area contributed by atoms with E-state index in [0.29, 0.717) is 23.0 Å². The van der Waals surface area contributed by atoms with E-state index >= 15 is 0 Å². The molecule has 8 heteroatoms. The van der Waals surface area contributed by atoms with Gasteiger partial charge in [0.15, 0.2) is 0 Å². The van der Waals surface area contributed by atoms with Crippen LogP contribution in [0.5, 0.6) is 0 Å². The van der Waals surface area contributed by atoms with Gasteiger partial charge in [-0.05, 0) is 24.1 Å². The molecule has 0 radical (unpaired) electrons. The molecule has 1 aromatic carbocycles. The van der Waals surface area contributed by atoms with E-state index in [4.69, 9.17) is 46.4 Å². The van der Waals surface area contributed by atoms with Crippen LogP contribution in [0.2, 0.25) is 20.1 Å². The minimum atomic E-state index is -0.449. The third-order valence-corrected chi connectivity index (χ3v) is 4.34. The first-order valence-electron chi connectivity index (χ1n) is 6.33. The van der Waals surface area contributed by atoms with Gasteiger partial charge in [0.05, 0.1) is 17.8 Å². The molecule has 1 aromatic heterocycles. The summed E-state index contributed by atoms with van der Waals surface area (Å²) in [5.74, 6) is 0. The van der Waals surface area contributed by atoms with Crippen molar-refractivity contribution < 1.29 is 0 Å². The Labute approximate surface area is 147 Å². The second-order valence-electron chi connectivity index (χ2n) is 4.33. The molecule has 0 aliphatic rings. The summed E-state index contributed by atoms with van der Waals surface area (Å²) in [6, 6.07) is 5.36. The number of hydrogen-bond acceptors (Lipinski definition) is 3. The van der Waals surface area contributed by atoms with Crippen molar-refractivity contribution in [1.29, 1.82) is 0 Å². The van der Waals surface area contributed by atoms with Crippen LogP contribution in [0.25, 0.3) is 0 Å². The topological polar surface area (TPSA) is 47.2 Å². The zero-order valence-corrected chi connectivity index (χ0v) is 14.3. The lowest BCUT2D eigenvalue weighted by atomic mass is 10.1. The van der Waals surface area contributed by atoms with E-state index in [-0.39, 0.29) is 16.6 Å². The Morgan fingerprint density at radius 3 is 2.50 bits per heavy atom. The molecule has 2 rings (SSSR count). The molecule has 0 atom stereocenters. The molecule has 0 saturated heterocycles. The molecule has 0 bridgehead atoms. The summed E-state index contributed by atoms with van der Waals surface area (Å²) in [7, 11) is 0. The zero-order chi connectivity index (χ0) is 16.1. The second kappa shape index (κ2) is 7.97. The lowest BCUT2D eigenvalue weighted by Crippen LogP contribution is -2.23. The smallest absolute Gasteiger partial charge is 0.287 e. The number of benzene rings is 1. The van der Waals surface area contributed by atoms with Gasteiger partial charge >= 0.3 is 0 Å². The Morgan fingerprint density at radius 2 is 1.82 bits per heavy atom. The van der Waals surface area contributed by atoms with E-state index in [0.717, 1.165) is 5.56 Å². The van der Waals surface area contributed by atoms with Gasteiger partial charge in [0, 0.05) is 22.8 Å². The zero-order valence-electron chi connectivity index (χ0n) is 11.3. The minimum absolute atomic E-state index is 0.0482. The Kier molecular flexibility index (Phi) is 6.26. The van der Waals surface area contributed by atoms with Gasteiger partial charge in [-0.15, -0.1) is 0 Å². The third kappa shape index (κ3) is 4.23. The number of rotatable bonds is 5. The lowest BCUT2D eigenvalue weighted by Gasteiger charge is -2.04. The van der Waals surface area contributed by atoms with Crippen molar-refractivity contribution in [2.24, 2.45) is 4.99 Å². The predicted octanol–water partition coefficient (Wildman–Crippen LogP) is 4.17. The van der Waals surface area contributed by atoms with Crippen LogP contribution in [0.4, 0.5) is 0 Å². The Balaban J connectivity index is 1.95. The van der Waals surface area contributed by atoms with Crippen LogP contribution in [0, 0.1) is 0 Å². The van der Waals surface area contributed by atoms with E-state index in [1.54, 1.807) is 24.4 Å². The first kappa shape index (κ1) is 17.3. The fourth-order valence-corrected chi connectivity index (χ4v) is 2.61. The number of nitrogens with zero attached hydrogens (tertiary/aromatic N) is 3. The Bertz CT molecular complexity index is 738. The van der Waals surface area contributed by atoms with E-state index < -0.39 is 5.56 Å². The molecule has 0 fully saturated rings. The van der Waals surface area contributed by atoms with Crippen LogP contribution in [-0.4, -0.2) is 22.5 Å².